The standard InChI is InChI=1S/C22H20N4O/c27-22(20-10-8-17(9-11-20)14-26-16-23-15-25-26)24-13-12-19-6-3-5-18-4-1-2-7-21(18)19/h1-11,15-16H,12-14H2,(H,24,27). The zero-order valence-electron chi connectivity index (χ0n) is 14.9. The molecule has 0 aliphatic rings. The van der Waals surface area contributed by atoms with E-state index in [4.69, 9.17) is 0 Å². The number of nitrogens with one attached hydrogen (secondary N) is 1. The van der Waals surface area contributed by atoms with Crippen molar-refractivity contribution in [3.8, 4) is 0 Å². The van der Waals surface area contributed by atoms with Gasteiger partial charge in [0.2, 0.25) is 0 Å². The van der Waals surface area contributed by atoms with Crippen LogP contribution in [-0.2, 0) is 13.0 Å². The van der Waals surface area contributed by atoms with Crippen LogP contribution in [-0.4, -0.2) is 27.2 Å². The molecule has 134 valence electrons. The lowest BCUT2D eigenvalue weighted by atomic mass is 10.0. The number of carbonyl (C=O) groups is 1. The highest BCUT2D eigenvalue weighted by atomic mass is 16.1. The zero-order chi connectivity index (χ0) is 18.5. The minimum Gasteiger partial charge on any atom is -0.352 e. The number of benzene rings is 3. The van der Waals surface area contributed by atoms with Gasteiger partial charge < -0.3 is 5.32 Å². The van der Waals surface area contributed by atoms with Crippen LogP contribution in [0.3, 0.4) is 0 Å². The van der Waals surface area contributed by atoms with E-state index in [9.17, 15) is 4.79 Å². The van der Waals surface area contributed by atoms with Gasteiger partial charge >= 0.3 is 0 Å². The number of hydrogen-bond donors (Lipinski definition) is 1. The van der Waals surface area contributed by atoms with Crippen LogP contribution in [0.1, 0.15) is 21.5 Å². The van der Waals surface area contributed by atoms with Crippen molar-refractivity contribution in [1.82, 2.24) is 20.1 Å². The minimum absolute atomic E-state index is 0.0532. The number of amides is 1. The average molecular weight is 356 g/mol. The first kappa shape index (κ1) is 17.0. The summed E-state index contributed by atoms with van der Waals surface area (Å²) >= 11 is 0. The maximum Gasteiger partial charge on any atom is 0.251 e. The van der Waals surface area contributed by atoms with Gasteiger partial charge in [-0.1, -0.05) is 54.6 Å². The lowest BCUT2D eigenvalue weighted by Crippen LogP contribution is -2.25. The molecular formula is C22H20N4O. The molecule has 1 N–H and O–H groups in total. The Kier molecular flexibility index (Phi) is 4.92. The van der Waals surface area contributed by atoms with Crippen molar-refractivity contribution >= 4 is 16.7 Å². The number of nitrogens with zero attached hydrogens (tertiary/aromatic N) is 3. The summed E-state index contributed by atoms with van der Waals surface area (Å²) in [5.41, 5.74) is 2.99. The molecule has 1 aromatic heterocycles. The largest absolute Gasteiger partial charge is 0.352 e. The van der Waals surface area contributed by atoms with Crippen LogP contribution >= 0.6 is 0 Å². The predicted molar refractivity (Wildman–Crippen MR) is 106 cm³/mol. The first-order valence-electron chi connectivity index (χ1n) is 8.96. The maximum atomic E-state index is 12.4. The molecule has 27 heavy (non-hydrogen) atoms. The van der Waals surface area contributed by atoms with E-state index >= 15 is 0 Å². The molecule has 4 aromatic rings. The van der Waals surface area contributed by atoms with Gasteiger partial charge in [-0.05, 0) is 40.5 Å². The molecule has 1 amide bonds. The van der Waals surface area contributed by atoms with Gasteiger partial charge in [0.1, 0.15) is 12.7 Å². The monoisotopic (exact) mass is 356 g/mol. The second-order valence-electron chi connectivity index (χ2n) is 6.43. The summed E-state index contributed by atoms with van der Waals surface area (Å²) in [6.45, 7) is 1.25. The molecule has 0 unspecified atom stereocenters. The molecule has 4 rings (SSSR count). The maximum absolute atomic E-state index is 12.4. The highest BCUT2D eigenvalue weighted by Gasteiger charge is 2.06. The Morgan fingerprint density at radius 3 is 2.59 bits per heavy atom. The quantitative estimate of drug-likeness (QED) is 0.576. The molecule has 5 heteroatoms. The predicted octanol–water partition coefficient (Wildman–Crippen LogP) is 3.45. The van der Waals surface area contributed by atoms with Crippen molar-refractivity contribution in [2.45, 2.75) is 13.0 Å². The molecule has 1 heterocycles. The fourth-order valence-corrected chi connectivity index (χ4v) is 3.19. The van der Waals surface area contributed by atoms with Crippen molar-refractivity contribution < 1.29 is 4.79 Å². The fraction of sp³-hybridized carbons (Fsp3) is 0.136. The van der Waals surface area contributed by atoms with E-state index < -0.39 is 0 Å². The van der Waals surface area contributed by atoms with Crippen LogP contribution in [0.4, 0.5) is 0 Å². The minimum atomic E-state index is -0.0532. The normalized spacial score (nSPS) is 10.8. The van der Waals surface area contributed by atoms with Crippen molar-refractivity contribution in [1.29, 1.82) is 0 Å². The summed E-state index contributed by atoms with van der Waals surface area (Å²) in [4.78, 5) is 16.3. The smallest absolute Gasteiger partial charge is 0.251 e. The molecule has 0 atom stereocenters. The molecule has 0 bridgehead atoms. The third-order valence-electron chi connectivity index (χ3n) is 4.59. The van der Waals surface area contributed by atoms with Crippen molar-refractivity contribution in [3.63, 3.8) is 0 Å². The second-order valence-corrected chi connectivity index (χ2v) is 6.43. The number of carbonyl (C=O) groups excluding carboxylic acids is 1. The second kappa shape index (κ2) is 7.83. The van der Waals surface area contributed by atoms with Crippen LogP contribution in [0.2, 0.25) is 0 Å². The van der Waals surface area contributed by atoms with Crippen LogP contribution in [0.15, 0.2) is 79.4 Å². The van der Waals surface area contributed by atoms with E-state index in [0.29, 0.717) is 18.7 Å². The van der Waals surface area contributed by atoms with E-state index in [2.05, 4.69) is 45.7 Å². The molecule has 0 aliphatic heterocycles. The van der Waals surface area contributed by atoms with Crippen LogP contribution in [0.5, 0.6) is 0 Å². The summed E-state index contributed by atoms with van der Waals surface area (Å²) in [5, 5.41) is 9.57. The van der Waals surface area contributed by atoms with Gasteiger partial charge in [0, 0.05) is 12.1 Å². The van der Waals surface area contributed by atoms with E-state index in [1.165, 1.54) is 22.7 Å². The van der Waals surface area contributed by atoms with E-state index in [0.717, 1.165) is 12.0 Å². The molecule has 0 fully saturated rings. The summed E-state index contributed by atoms with van der Waals surface area (Å²) in [7, 11) is 0. The van der Waals surface area contributed by atoms with Gasteiger partial charge in [0.25, 0.3) is 5.91 Å². The number of aromatic nitrogens is 3. The molecule has 0 aliphatic carbocycles. The van der Waals surface area contributed by atoms with Gasteiger partial charge in [-0.25, -0.2) is 9.67 Å². The highest BCUT2D eigenvalue weighted by Crippen LogP contribution is 2.18. The summed E-state index contributed by atoms with van der Waals surface area (Å²) in [5.74, 6) is -0.0532. The molecule has 0 spiro atoms. The van der Waals surface area contributed by atoms with Gasteiger partial charge in [-0.3, -0.25) is 4.79 Å². The average Bonchev–Trinajstić information content (AvgIpc) is 3.22. The van der Waals surface area contributed by atoms with E-state index in [-0.39, 0.29) is 5.91 Å². The third-order valence-corrected chi connectivity index (χ3v) is 4.59. The van der Waals surface area contributed by atoms with Crippen molar-refractivity contribution in [2.24, 2.45) is 0 Å². The lowest BCUT2D eigenvalue weighted by molar-refractivity contribution is 0.0954. The molecular weight excluding hydrogens is 336 g/mol. The molecule has 0 radical (unpaired) electrons. The van der Waals surface area contributed by atoms with Crippen molar-refractivity contribution in [3.05, 3.63) is 96.1 Å². The first-order chi connectivity index (χ1) is 13.3. The Morgan fingerprint density at radius 1 is 0.963 bits per heavy atom. The Labute approximate surface area is 157 Å². The van der Waals surface area contributed by atoms with Crippen LogP contribution in [0.25, 0.3) is 10.8 Å². The highest BCUT2D eigenvalue weighted by molar-refractivity contribution is 5.94. The number of rotatable bonds is 6. The van der Waals surface area contributed by atoms with Crippen molar-refractivity contribution in [2.75, 3.05) is 6.54 Å². The first-order valence-corrected chi connectivity index (χ1v) is 8.96. The summed E-state index contributed by atoms with van der Waals surface area (Å²) < 4.78 is 1.75. The molecule has 5 nitrogen and oxygen atoms in total. The summed E-state index contributed by atoms with van der Waals surface area (Å²) in [6, 6.07) is 22.2. The van der Waals surface area contributed by atoms with Gasteiger partial charge in [0.05, 0.1) is 6.54 Å². The summed E-state index contributed by atoms with van der Waals surface area (Å²) in [6.07, 6.45) is 3.99. The molecule has 0 saturated carbocycles. The van der Waals surface area contributed by atoms with E-state index in [1.807, 2.05) is 36.4 Å². The SMILES string of the molecule is O=C(NCCc1cccc2ccccc12)c1ccc(Cn2cncn2)cc1. The van der Waals surface area contributed by atoms with Gasteiger partial charge in [0.15, 0.2) is 0 Å². The topological polar surface area (TPSA) is 59.8 Å². The van der Waals surface area contributed by atoms with Crippen LogP contribution < -0.4 is 5.32 Å². The van der Waals surface area contributed by atoms with E-state index in [1.54, 1.807) is 11.0 Å². The Balaban J connectivity index is 1.35. The Morgan fingerprint density at radius 2 is 1.78 bits per heavy atom. The lowest BCUT2D eigenvalue weighted by Gasteiger charge is -2.09. The fourth-order valence-electron chi connectivity index (χ4n) is 3.19. The van der Waals surface area contributed by atoms with Crippen LogP contribution in [0, 0.1) is 0 Å². The molecule has 3 aromatic carbocycles. The Bertz CT molecular complexity index is 1030. The third kappa shape index (κ3) is 4.03. The Hall–Kier alpha value is -3.47. The number of fused-ring (bicyclic) bond motifs is 1. The van der Waals surface area contributed by atoms with Gasteiger partial charge in [-0.15, -0.1) is 0 Å². The number of hydrogen-bond acceptors (Lipinski definition) is 3. The zero-order valence-corrected chi connectivity index (χ0v) is 14.9. The van der Waals surface area contributed by atoms with Gasteiger partial charge in [-0.2, -0.15) is 5.10 Å². The molecule has 0 saturated heterocycles.